The number of pyridine rings is 1. The summed E-state index contributed by atoms with van der Waals surface area (Å²) in [5.41, 5.74) is 5.50. The number of hydrogen-bond donors (Lipinski definition) is 3. The number of aryl methyl sites for hydroxylation is 1. The number of imidazole rings is 1. The second-order valence-corrected chi connectivity index (χ2v) is 9.97. The topological polar surface area (TPSA) is 111 Å². The molecule has 1 unspecified atom stereocenters. The normalized spacial score (nSPS) is 13.4. The van der Waals surface area contributed by atoms with Gasteiger partial charge in [-0.1, -0.05) is 37.3 Å². The number of fused-ring (bicyclic) bond motifs is 1. The van der Waals surface area contributed by atoms with E-state index in [1.807, 2.05) is 47.9 Å². The second-order valence-electron chi connectivity index (χ2n) is 9.97. The molecule has 1 aromatic carbocycles. The fourth-order valence-corrected chi connectivity index (χ4v) is 4.05. The highest BCUT2D eigenvalue weighted by Gasteiger charge is 2.17. The van der Waals surface area contributed by atoms with Crippen molar-refractivity contribution in [3.63, 3.8) is 0 Å². The van der Waals surface area contributed by atoms with Crippen molar-refractivity contribution in [3.8, 4) is 17.5 Å². The minimum atomic E-state index is -0.579. The van der Waals surface area contributed by atoms with Crippen LogP contribution >= 0.6 is 0 Å². The summed E-state index contributed by atoms with van der Waals surface area (Å²) in [5.74, 6) is 0.427. The Morgan fingerprint density at radius 3 is 2.47 bits per heavy atom. The first-order valence-corrected chi connectivity index (χ1v) is 12.2. The van der Waals surface area contributed by atoms with Crippen LogP contribution in [-0.2, 0) is 6.42 Å². The molecule has 0 saturated heterocycles. The Morgan fingerprint density at radius 1 is 1.08 bits per heavy atom. The van der Waals surface area contributed by atoms with Crippen LogP contribution in [0.5, 0.6) is 0 Å². The molecule has 2 atom stereocenters. The second kappa shape index (κ2) is 10.4. The molecule has 0 aliphatic rings. The number of aliphatic hydroxyl groups excluding tert-OH is 1. The van der Waals surface area contributed by atoms with E-state index in [1.54, 1.807) is 12.4 Å². The lowest BCUT2D eigenvalue weighted by molar-refractivity contribution is 0.163. The Bertz CT molecular complexity index is 1380. The van der Waals surface area contributed by atoms with Crippen LogP contribution in [0.1, 0.15) is 69.0 Å². The molecule has 4 aromatic rings. The van der Waals surface area contributed by atoms with Gasteiger partial charge in [-0.25, -0.2) is 15.0 Å². The molecular formula is C28H33N7O. The maximum absolute atomic E-state index is 10.5. The van der Waals surface area contributed by atoms with Crippen LogP contribution in [0.15, 0.2) is 55.0 Å². The van der Waals surface area contributed by atoms with Crippen molar-refractivity contribution in [3.05, 3.63) is 77.2 Å². The number of aromatic nitrogens is 4. The summed E-state index contributed by atoms with van der Waals surface area (Å²) in [5, 5.41) is 26.9. The van der Waals surface area contributed by atoms with E-state index in [2.05, 4.69) is 60.4 Å². The van der Waals surface area contributed by atoms with Gasteiger partial charge in [-0.2, -0.15) is 5.26 Å². The first-order chi connectivity index (χ1) is 17.2. The molecular weight excluding hydrogens is 450 g/mol. The minimum Gasteiger partial charge on any atom is -0.387 e. The highest BCUT2D eigenvalue weighted by molar-refractivity contribution is 5.68. The lowest BCUT2D eigenvalue weighted by Crippen LogP contribution is -2.38. The van der Waals surface area contributed by atoms with Crippen molar-refractivity contribution in [2.45, 2.75) is 58.7 Å². The number of nitrogens with one attached hydrogen (secondary N) is 2. The number of aliphatic hydroxyl groups is 1. The Balaban J connectivity index is 1.54. The van der Waals surface area contributed by atoms with Gasteiger partial charge in [-0.3, -0.25) is 4.40 Å². The van der Waals surface area contributed by atoms with Gasteiger partial charge in [0.25, 0.3) is 0 Å². The van der Waals surface area contributed by atoms with Gasteiger partial charge >= 0.3 is 0 Å². The number of β-amino-alcohol motifs (C(OH)–C–C–N with tert-alkyl or cyclic N) is 1. The average Bonchev–Trinajstić information content (AvgIpc) is 3.31. The van der Waals surface area contributed by atoms with Crippen molar-refractivity contribution in [2.24, 2.45) is 0 Å². The van der Waals surface area contributed by atoms with Crippen LogP contribution in [-0.4, -0.2) is 36.5 Å². The number of nitrogens with zero attached hydrogens (tertiary/aromatic N) is 5. The molecule has 3 heterocycles. The lowest BCUT2D eigenvalue weighted by atomic mass is 10.0. The molecule has 3 N–H and O–H groups in total. The highest BCUT2D eigenvalue weighted by Crippen LogP contribution is 2.26. The van der Waals surface area contributed by atoms with Crippen LogP contribution < -0.4 is 10.6 Å². The molecule has 0 fully saturated rings. The van der Waals surface area contributed by atoms with Crippen molar-refractivity contribution >= 4 is 11.6 Å². The van der Waals surface area contributed by atoms with Crippen LogP contribution in [0.2, 0.25) is 0 Å². The van der Waals surface area contributed by atoms with Crippen molar-refractivity contribution in [1.82, 2.24) is 24.7 Å². The Hall–Kier alpha value is -3.80. The lowest BCUT2D eigenvalue weighted by Gasteiger charge is -2.23. The Morgan fingerprint density at radius 2 is 1.81 bits per heavy atom. The standard InChI is InChI=1S/C28H33N7O/c1-6-19-8-7-13-35-23(16-30-26(19)35)25-22(14-29)15-31-27(34-25)33-18(2)20-9-11-21(12-10-20)24(36)17-32-28(3,4)5/h7-13,15-16,18,24,32,36H,6,17H2,1-5H3,(H,31,33,34)/t18?,24-/m0/s1. The maximum atomic E-state index is 10.5. The van der Waals surface area contributed by atoms with Crippen molar-refractivity contribution in [1.29, 1.82) is 5.26 Å². The zero-order valence-corrected chi connectivity index (χ0v) is 21.4. The molecule has 4 rings (SSSR count). The monoisotopic (exact) mass is 483 g/mol. The summed E-state index contributed by atoms with van der Waals surface area (Å²) in [6, 6.07) is 14.0. The maximum Gasteiger partial charge on any atom is 0.223 e. The summed E-state index contributed by atoms with van der Waals surface area (Å²) in [4.78, 5) is 13.6. The van der Waals surface area contributed by atoms with E-state index >= 15 is 0 Å². The van der Waals surface area contributed by atoms with E-state index in [9.17, 15) is 10.4 Å². The van der Waals surface area contributed by atoms with Gasteiger partial charge in [0.2, 0.25) is 5.95 Å². The summed E-state index contributed by atoms with van der Waals surface area (Å²) in [6.45, 7) is 10.8. The van der Waals surface area contributed by atoms with Crippen molar-refractivity contribution < 1.29 is 5.11 Å². The smallest absolute Gasteiger partial charge is 0.223 e. The number of rotatable bonds is 8. The third-order valence-corrected chi connectivity index (χ3v) is 6.14. The van der Waals surface area contributed by atoms with Gasteiger partial charge in [-0.05, 0) is 56.9 Å². The van der Waals surface area contributed by atoms with Gasteiger partial charge in [0, 0.05) is 18.3 Å². The van der Waals surface area contributed by atoms with E-state index in [4.69, 9.17) is 4.98 Å². The van der Waals surface area contributed by atoms with Gasteiger partial charge < -0.3 is 15.7 Å². The molecule has 8 nitrogen and oxygen atoms in total. The average molecular weight is 484 g/mol. The number of hydrogen-bond acceptors (Lipinski definition) is 7. The van der Waals surface area contributed by atoms with Crippen LogP contribution in [0, 0.1) is 11.3 Å². The van der Waals surface area contributed by atoms with Gasteiger partial charge in [0.05, 0.1) is 35.8 Å². The minimum absolute atomic E-state index is 0.0547. The fraction of sp³-hybridized carbons (Fsp3) is 0.357. The first-order valence-electron chi connectivity index (χ1n) is 12.2. The van der Waals surface area contributed by atoms with E-state index < -0.39 is 6.10 Å². The van der Waals surface area contributed by atoms with Gasteiger partial charge in [0.1, 0.15) is 17.4 Å². The molecule has 36 heavy (non-hydrogen) atoms. The Labute approximate surface area is 212 Å². The number of benzene rings is 1. The van der Waals surface area contributed by atoms with Crippen LogP contribution in [0.25, 0.3) is 17.0 Å². The molecule has 0 saturated carbocycles. The third-order valence-electron chi connectivity index (χ3n) is 6.14. The van der Waals surface area contributed by atoms with Gasteiger partial charge in [-0.15, -0.1) is 0 Å². The molecule has 0 aliphatic carbocycles. The predicted octanol–water partition coefficient (Wildman–Crippen LogP) is 4.82. The number of anilines is 1. The van der Waals surface area contributed by atoms with E-state index in [1.165, 1.54) is 0 Å². The summed E-state index contributed by atoms with van der Waals surface area (Å²) >= 11 is 0. The van der Waals surface area contributed by atoms with Gasteiger partial charge in [0.15, 0.2) is 0 Å². The molecule has 0 amide bonds. The molecule has 0 spiro atoms. The predicted molar refractivity (Wildman–Crippen MR) is 142 cm³/mol. The van der Waals surface area contributed by atoms with Crippen LogP contribution in [0.3, 0.4) is 0 Å². The van der Waals surface area contributed by atoms with Crippen LogP contribution in [0.4, 0.5) is 5.95 Å². The summed E-state index contributed by atoms with van der Waals surface area (Å²) in [6.07, 6.45) is 5.52. The molecule has 8 heteroatoms. The third kappa shape index (κ3) is 5.54. The van der Waals surface area contributed by atoms with Crippen molar-refractivity contribution in [2.75, 3.05) is 11.9 Å². The zero-order valence-electron chi connectivity index (χ0n) is 21.4. The molecule has 186 valence electrons. The molecule has 3 aromatic heterocycles. The Kier molecular flexibility index (Phi) is 7.34. The molecule has 0 aliphatic heterocycles. The fourth-order valence-electron chi connectivity index (χ4n) is 4.05. The summed E-state index contributed by atoms with van der Waals surface area (Å²) < 4.78 is 1.97. The highest BCUT2D eigenvalue weighted by atomic mass is 16.3. The SMILES string of the molecule is CCc1cccn2c(-c3nc(NC(C)c4ccc([C@@H](O)CNC(C)(C)C)cc4)ncc3C#N)cnc12. The van der Waals surface area contributed by atoms with E-state index in [0.29, 0.717) is 23.8 Å². The molecule has 0 radical (unpaired) electrons. The van der Waals surface area contributed by atoms with E-state index in [0.717, 1.165) is 34.5 Å². The largest absolute Gasteiger partial charge is 0.387 e. The number of nitriles is 1. The zero-order chi connectivity index (χ0) is 25.9. The first kappa shape index (κ1) is 25.3. The summed E-state index contributed by atoms with van der Waals surface area (Å²) in [7, 11) is 0. The molecule has 0 bridgehead atoms. The quantitative estimate of drug-likeness (QED) is 0.329. The van der Waals surface area contributed by atoms with E-state index in [-0.39, 0.29) is 11.6 Å².